The first-order valence-electron chi connectivity index (χ1n) is 7.18. The Balaban J connectivity index is 0.00000361. The van der Waals surface area contributed by atoms with Crippen molar-refractivity contribution in [2.45, 2.75) is 52.1 Å². The maximum atomic E-state index is 12.3. The molecule has 0 radical (unpaired) electrons. The summed E-state index contributed by atoms with van der Waals surface area (Å²) in [5, 5.41) is 0. The van der Waals surface area contributed by atoms with Crippen LogP contribution in [0.3, 0.4) is 0 Å². The Labute approximate surface area is 128 Å². The summed E-state index contributed by atoms with van der Waals surface area (Å²) in [5.74, 6) is -0.0589. The smallest absolute Gasteiger partial charge is 0.228 e. The van der Waals surface area contributed by atoms with Crippen molar-refractivity contribution in [2.75, 3.05) is 20.1 Å². The second kappa shape index (κ2) is 8.47. The van der Waals surface area contributed by atoms with Gasteiger partial charge in [0.2, 0.25) is 11.8 Å². The lowest BCUT2D eigenvalue weighted by Crippen LogP contribution is -2.43. The molecule has 2 amide bonds. The molecule has 3 atom stereocenters. The summed E-state index contributed by atoms with van der Waals surface area (Å²) in [6, 6.07) is 0.247. The van der Waals surface area contributed by atoms with Gasteiger partial charge < -0.3 is 15.5 Å². The number of nitrogens with zero attached hydrogens (tertiary/aromatic N) is 2. The van der Waals surface area contributed by atoms with Crippen molar-refractivity contribution in [3.8, 4) is 0 Å². The van der Waals surface area contributed by atoms with Crippen molar-refractivity contribution in [3.05, 3.63) is 0 Å². The van der Waals surface area contributed by atoms with Crippen LogP contribution in [0, 0.1) is 5.92 Å². The number of rotatable bonds is 6. The Morgan fingerprint density at radius 3 is 2.60 bits per heavy atom. The van der Waals surface area contributed by atoms with Gasteiger partial charge in [-0.05, 0) is 20.3 Å². The topological polar surface area (TPSA) is 66.6 Å². The molecule has 118 valence electrons. The van der Waals surface area contributed by atoms with E-state index in [-0.39, 0.29) is 42.2 Å². The van der Waals surface area contributed by atoms with Gasteiger partial charge in [0.05, 0.1) is 5.92 Å². The third-order valence-corrected chi connectivity index (χ3v) is 4.10. The summed E-state index contributed by atoms with van der Waals surface area (Å²) < 4.78 is 0. The lowest BCUT2D eigenvalue weighted by atomic mass is 10.1. The van der Waals surface area contributed by atoms with Crippen LogP contribution in [0.2, 0.25) is 0 Å². The quantitative estimate of drug-likeness (QED) is 0.803. The highest BCUT2D eigenvalue weighted by molar-refractivity contribution is 5.89. The molecule has 2 N–H and O–H groups in total. The number of likely N-dealkylation sites (tertiary alicyclic amines) is 1. The van der Waals surface area contributed by atoms with E-state index >= 15 is 0 Å². The highest BCUT2D eigenvalue weighted by atomic mass is 35.5. The van der Waals surface area contributed by atoms with E-state index in [2.05, 4.69) is 13.8 Å². The molecule has 5 nitrogen and oxygen atoms in total. The number of halogens is 1. The van der Waals surface area contributed by atoms with Crippen LogP contribution in [0.25, 0.3) is 0 Å². The molecule has 6 heteroatoms. The number of likely N-dealkylation sites (N-methyl/N-ethyl adjacent to an activating group) is 1. The van der Waals surface area contributed by atoms with Gasteiger partial charge in [0, 0.05) is 38.6 Å². The first kappa shape index (κ1) is 19.2. The van der Waals surface area contributed by atoms with Crippen LogP contribution < -0.4 is 5.73 Å². The second-order valence-electron chi connectivity index (χ2n) is 5.62. The number of nitrogens with two attached hydrogens (primary N) is 1. The van der Waals surface area contributed by atoms with E-state index in [4.69, 9.17) is 5.73 Å². The molecule has 0 aromatic carbocycles. The summed E-state index contributed by atoms with van der Waals surface area (Å²) in [4.78, 5) is 27.8. The molecule has 1 saturated heterocycles. The molecule has 1 aliphatic rings. The van der Waals surface area contributed by atoms with Crippen molar-refractivity contribution in [3.63, 3.8) is 0 Å². The first-order chi connectivity index (χ1) is 8.92. The van der Waals surface area contributed by atoms with Crippen molar-refractivity contribution in [1.29, 1.82) is 0 Å². The molecular formula is C14H28ClN3O2. The Hall–Kier alpha value is -0.810. The van der Waals surface area contributed by atoms with Crippen LogP contribution in [0.1, 0.15) is 40.0 Å². The number of carbonyl (C=O) groups is 2. The van der Waals surface area contributed by atoms with Crippen LogP contribution in [-0.4, -0.2) is 53.8 Å². The molecule has 0 bridgehead atoms. The molecule has 20 heavy (non-hydrogen) atoms. The number of hydrogen-bond donors (Lipinski definition) is 1. The van der Waals surface area contributed by atoms with Gasteiger partial charge in [0.15, 0.2) is 0 Å². The zero-order valence-corrected chi connectivity index (χ0v) is 13.8. The standard InChI is InChI=1S/C14H27N3O2.ClH/c1-5-6-10(2)17-9-12(7-13(17)18)14(19)16(4)11(3)8-15;/h10-12H,5-9,15H2,1-4H3;1H. The van der Waals surface area contributed by atoms with Gasteiger partial charge in [0.1, 0.15) is 0 Å². The van der Waals surface area contributed by atoms with Crippen molar-refractivity contribution in [2.24, 2.45) is 11.7 Å². The number of hydrogen-bond acceptors (Lipinski definition) is 3. The fraction of sp³-hybridized carbons (Fsp3) is 0.857. The van der Waals surface area contributed by atoms with Crippen LogP contribution in [0.5, 0.6) is 0 Å². The van der Waals surface area contributed by atoms with E-state index in [0.29, 0.717) is 19.5 Å². The third kappa shape index (κ3) is 4.35. The second-order valence-corrected chi connectivity index (χ2v) is 5.62. The molecule has 0 aliphatic carbocycles. The fourth-order valence-corrected chi connectivity index (χ4v) is 2.56. The van der Waals surface area contributed by atoms with Crippen molar-refractivity contribution >= 4 is 24.2 Å². The average Bonchev–Trinajstić information content (AvgIpc) is 2.78. The summed E-state index contributed by atoms with van der Waals surface area (Å²) in [6.45, 7) is 7.09. The van der Waals surface area contributed by atoms with Gasteiger partial charge in [-0.3, -0.25) is 9.59 Å². The summed E-state index contributed by atoms with van der Waals surface area (Å²) in [5.41, 5.74) is 5.58. The number of carbonyl (C=O) groups excluding carboxylic acids is 2. The third-order valence-electron chi connectivity index (χ3n) is 4.10. The zero-order chi connectivity index (χ0) is 14.6. The largest absolute Gasteiger partial charge is 0.341 e. The normalized spacial score (nSPS) is 21.4. The molecule has 0 aromatic heterocycles. The molecule has 1 aliphatic heterocycles. The average molecular weight is 306 g/mol. The highest BCUT2D eigenvalue weighted by Gasteiger charge is 2.38. The van der Waals surface area contributed by atoms with E-state index in [1.165, 1.54) is 0 Å². The summed E-state index contributed by atoms with van der Waals surface area (Å²) in [7, 11) is 1.77. The first-order valence-corrected chi connectivity index (χ1v) is 7.18. The van der Waals surface area contributed by atoms with Gasteiger partial charge in [-0.15, -0.1) is 12.4 Å². The molecule has 0 saturated carbocycles. The number of amides is 2. The predicted molar refractivity (Wildman–Crippen MR) is 82.7 cm³/mol. The lowest BCUT2D eigenvalue weighted by Gasteiger charge is -2.27. The fourth-order valence-electron chi connectivity index (χ4n) is 2.56. The highest BCUT2D eigenvalue weighted by Crippen LogP contribution is 2.23. The molecule has 3 unspecified atom stereocenters. The molecule has 1 fully saturated rings. The molecule has 1 heterocycles. The maximum Gasteiger partial charge on any atom is 0.228 e. The van der Waals surface area contributed by atoms with Crippen LogP contribution in [-0.2, 0) is 9.59 Å². The minimum Gasteiger partial charge on any atom is -0.341 e. The van der Waals surface area contributed by atoms with Crippen molar-refractivity contribution in [1.82, 2.24) is 9.80 Å². The monoisotopic (exact) mass is 305 g/mol. The van der Waals surface area contributed by atoms with Crippen molar-refractivity contribution < 1.29 is 9.59 Å². The molecular weight excluding hydrogens is 278 g/mol. The Morgan fingerprint density at radius 1 is 1.50 bits per heavy atom. The van der Waals surface area contributed by atoms with E-state index in [1.54, 1.807) is 11.9 Å². The maximum absolute atomic E-state index is 12.3. The minimum absolute atomic E-state index is 0. The van der Waals surface area contributed by atoms with Crippen LogP contribution in [0.4, 0.5) is 0 Å². The zero-order valence-electron chi connectivity index (χ0n) is 13.0. The van der Waals surface area contributed by atoms with Gasteiger partial charge >= 0.3 is 0 Å². The van der Waals surface area contributed by atoms with E-state index in [1.807, 2.05) is 11.8 Å². The minimum atomic E-state index is -0.203. The van der Waals surface area contributed by atoms with E-state index in [9.17, 15) is 9.59 Å². The van der Waals surface area contributed by atoms with Gasteiger partial charge in [-0.1, -0.05) is 13.3 Å². The SMILES string of the molecule is CCCC(C)N1CC(C(=O)N(C)C(C)CN)CC1=O.Cl. The summed E-state index contributed by atoms with van der Waals surface area (Å²) in [6.07, 6.45) is 2.38. The van der Waals surface area contributed by atoms with Crippen LogP contribution in [0.15, 0.2) is 0 Å². The van der Waals surface area contributed by atoms with Gasteiger partial charge in [-0.25, -0.2) is 0 Å². The van der Waals surface area contributed by atoms with Gasteiger partial charge in [0.25, 0.3) is 0 Å². The molecule has 0 aromatic rings. The molecule has 1 rings (SSSR count). The van der Waals surface area contributed by atoms with Crippen LogP contribution >= 0.6 is 12.4 Å². The molecule has 0 spiro atoms. The van der Waals surface area contributed by atoms with Gasteiger partial charge in [-0.2, -0.15) is 0 Å². The Bertz CT molecular complexity index is 338. The summed E-state index contributed by atoms with van der Waals surface area (Å²) >= 11 is 0. The lowest BCUT2D eigenvalue weighted by molar-refractivity contribution is -0.136. The predicted octanol–water partition coefficient (Wildman–Crippen LogP) is 1.25. The Morgan fingerprint density at radius 2 is 2.10 bits per heavy atom. The van der Waals surface area contributed by atoms with E-state index in [0.717, 1.165) is 12.8 Å². The Kier molecular flexibility index (Phi) is 8.13. The van der Waals surface area contributed by atoms with E-state index < -0.39 is 0 Å².